The third kappa shape index (κ3) is 2.61. The molecule has 0 amide bonds. The molecule has 0 saturated heterocycles. The van der Waals surface area contributed by atoms with Gasteiger partial charge in [-0.1, -0.05) is 17.7 Å². The van der Waals surface area contributed by atoms with Crippen LogP contribution in [0.2, 0.25) is 5.02 Å². The van der Waals surface area contributed by atoms with Crippen molar-refractivity contribution in [3.8, 4) is 0 Å². The lowest BCUT2D eigenvalue weighted by Crippen LogP contribution is -2.47. The van der Waals surface area contributed by atoms with Gasteiger partial charge in [0.1, 0.15) is 4.90 Å². The van der Waals surface area contributed by atoms with Crippen molar-refractivity contribution < 1.29 is 13.5 Å². The second-order valence-corrected chi connectivity index (χ2v) is 6.91. The lowest BCUT2D eigenvalue weighted by atomic mass is 10.1. The standard InChI is InChI=1S/C11H17ClN2O3S/c1-11(2,7-15)14(3)18(16,17)10-8(12)5-4-6-9(10)13/h4-6,15H,7,13H2,1-3H3. The lowest BCUT2D eigenvalue weighted by Gasteiger charge is -2.33. The van der Waals surface area contributed by atoms with Gasteiger partial charge in [0.15, 0.2) is 0 Å². The van der Waals surface area contributed by atoms with Crippen LogP contribution in [0.4, 0.5) is 5.69 Å². The van der Waals surface area contributed by atoms with Gasteiger partial charge in [0.2, 0.25) is 10.0 Å². The molecule has 0 saturated carbocycles. The molecule has 1 aromatic carbocycles. The molecule has 18 heavy (non-hydrogen) atoms. The van der Waals surface area contributed by atoms with Crippen molar-refractivity contribution >= 4 is 27.3 Å². The van der Waals surface area contributed by atoms with Crippen LogP contribution in [0.5, 0.6) is 0 Å². The van der Waals surface area contributed by atoms with Gasteiger partial charge in [0.25, 0.3) is 0 Å². The molecule has 102 valence electrons. The number of sulfonamides is 1. The zero-order chi connectivity index (χ0) is 14.1. The van der Waals surface area contributed by atoms with Gasteiger partial charge in [-0.3, -0.25) is 0 Å². The van der Waals surface area contributed by atoms with Crippen LogP contribution in [0, 0.1) is 0 Å². The number of nitrogens with zero attached hydrogens (tertiary/aromatic N) is 1. The molecule has 0 unspecified atom stereocenters. The minimum atomic E-state index is -3.85. The highest BCUT2D eigenvalue weighted by molar-refractivity contribution is 7.89. The Morgan fingerprint density at radius 1 is 1.44 bits per heavy atom. The Balaban J connectivity index is 3.40. The number of halogens is 1. The molecule has 1 aromatic rings. The van der Waals surface area contributed by atoms with Crippen molar-refractivity contribution in [2.75, 3.05) is 19.4 Å². The smallest absolute Gasteiger partial charge is 0.246 e. The molecule has 0 heterocycles. The molecule has 0 aliphatic heterocycles. The molecule has 0 spiro atoms. The van der Waals surface area contributed by atoms with Crippen molar-refractivity contribution in [3.05, 3.63) is 23.2 Å². The fourth-order valence-electron chi connectivity index (χ4n) is 1.36. The quantitative estimate of drug-likeness (QED) is 0.820. The molecule has 7 heteroatoms. The Bertz CT molecular complexity index is 523. The Morgan fingerprint density at radius 2 is 2.00 bits per heavy atom. The van der Waals surface area contributed by atoms with E-state index in [1.54, 1.807) is 19.9 Å². The molecular formula is C11H17ClN2O3S. The summed E-state index contributed by atoms with van der Waals surface area (Å²) >= 11 is 5.90. The van der Waals surface area contributed by atoms with Crippen LogP contribution in [0.15, 0.2) is 23.1 Å². The second kappa shape index (κ2) is 5.05. The first-order valence-electron chi connectivity index (χ1n) is 5.28. The monoisotopic (exact) mass is 292 g/mol. The molecule has 0 bridgehead atoms. The van der Waals surface area contributed by atoms with Gasteiger partial charge in [-0.25, -0.2) is 8.42 Å². The van der Waals surface area contributed by atoms with Crippen molar-refractivity contribution in [1.82, 2.24) is 4.31 Å². The average Bonchev–Trinajstić information content (AvgIpc) is 2.27. The Kier molecular flexibility index (Phi) is 4.27. The summed E-state index contributed by atoms with van der Waals surface area (Å²) < 4.78 is 25.9. The van der Waals surface area contributed by atoms with E-state index < -0.39 is 15.6 Å². The topological polar surface area (TPSA) is 83.6 Å². The van der Waals surface area contributed by atoms with E-state index >= 15 is 0 Å². The molecule has 0 fully saturated rings. The number of nitrogens with two attached hydrogens (primary N) is 1. The van der Waals surface area contributed by atoms with Gasteiger partial charge in [0, 0.05) is 7.05 Å². The third-order valence-corrected chi connectivity index (χ3v) is 5.47. The third-order valence-electron chi connectivity index (χ3n) is 2.86. The first-order chi connectivity index (χ1) is 8.14. The van der Waals surface area contributed by atoms with E-state index in [2.05, 4.69) is 0 Å². The molecule has 5 nitrogen and oxygen atoms in total. The number of likely N-dealkylation sites (N-methyl/N-ethyl adjacent to an activating group) is 1. The fourth-order valence-corrected chi connectivity index (χ4v) is 3.50. The maximum atomic E-state index is 12.4. The van der Waals surface area contributed by atoms with Gasteiger partial charge >= 0.3 is 0 Å². The van der Waals surface area contributed by atoms with E-state index in [9.17, 15) is 13.5 Å². The maximum absolute atomic E-state index is 12.4. The number of anilines is 1. The van der Waals surface area contributed by atoms with Gasteiger partial charge in [-0.05, 0) is 26.0 Å². The van der Waals surface area contributed by atoms with E-state index in [0.717, 1.165) is 4.31 Å². The molecule has 0 radical (unpaired) electrons. The van der Waals surface area contributed by atoms with Gasteiger partial charge in [-0.2, -0.15) is 4.31 Å². The Hall–Kier alpha value is -0.820. The first kappa shape index (κ1) is 15.2. The molecule has 1 rings (SSSR count). The second-order valence-electron chi connectivity index (χ2n) is 4.60. The maximum Gasteiger partial charge on any atom is 0.246 e. The van der Waals surface area contributed by atoms with E-state index in [-0.39, 0.29) is 22.2 Å². The predicted molar refractivity (Wildman–Crippen MR) is 72.0 cm³/mol. The summed E-state index contributed by atoms with van der Waals surface area (Å²) in [7, 11) is -2.47. The van der Waals surface area contributed by atoms with Crippen LogP contribution in [0.25, 0.3) is 0 Å². The molecule has 3 N–H and O–H groups in total. The van der Waals surface area contributed by atoms with E-state index in [1.165, 1.54) is 19.2 Å². The number of hydrogen-bond acceptors (Lipinski definition) is 4. The van der Waals surface area contributed by atoms with Crippen LogP contribution in [0.1, 0.15) is 13.8 Å². The predicted octanol–water partition coefficient (Wildman–Crippen LogP) is 1.31. The Labute approximate surface area is 112 Å². The van der Waals surface area contributed by atoms with Gasteiger partial charge < -0.3 is 10.8 Å². The van der Waals surface area contributed by atoms with Crippen LogP contribution in [0.3, 0.4) is 0 Å². The first-order valence-corrected chi connectivity index (χ1v) is 7.10. The van der Waals surface area contributed by atoms with Crippen LogP contribution < -0.4 is 5.73 Å². The summed E-state index contributed by atoms with van der Waals surface area (Å²) in [5, 5.41) is 9.31. The number of rotatable bonds is 4. The zero-order valence-corrected chi connectivity index (χ0v) is 12.1. The van der Waals surface area contributed by atoms with Crippen molar-refractivity contribution in [3.63, 3.8) is 0 Å². The van der Waals surface area contributed by atoms with Gasteiger partial charge in [0.05, 0.1) is 22.9 Å². The molecule has 0 atom stereocenters. The summed E-state index contributed by atoms with van der Waals surface area (Å²) in [6.45, 7) is 2.91. The van der Waals surface area contributed by atoms with E-state index in [1.807, 2.05) is 0 Å². The summed E-state index contributed by atoms with van der Waals surface area (Å²) in [5.41, 5.74) is 4.82. The van der Waals surface area contributed by atoms with E-state index in [4.69, 9.17) is 17.3 Å². The number of hydrogen-bond donors (Lipinski definition) is 2. The summed E-state index contributed by atoms with van der Waals surface area (Å²) in [5.74, 6) is 0. The summed E-state index contributed by atoms with van der Waals surface area (Å²) in [6, 6.07) is 4.51. The summed E-state index contributed by atoms with van der Waals surface area (Å²) in [4.78, 5) is -0.129. The molecular weight excluding hydrogens is 276 g/mol. The number of aliphatic hydroxyl groups excluding tert-OH is 1. The largest absolute Gasteiger partial charge is 0.398 e. The highest BCUT2D eigenvalue weighted by Crippen LogP contribution is 2.32. The zero-order valence-electron chi connectivity index (χ0n) is 10.5. The van der Waals surface area contributed by atoms with Crippen molar-refractivity contribution in [2.24, 2.45) is 0 Å². The highest BCUT2D eigenvalue weighted by Gasteiger charge is 2.35. The Morgan fingerprint density at radius 3 is 2.44 bits per heavy atom. The minimum absolute atomic E-state index is 0.0654. The molecule has 0 aromatic heterocycles. The highest BCUT2D eigenvalue weighted by atomic mass is 35.5. The normalized spacial score (nSPS) is 13.0. The number of aliphatic hydroxyl groups is 1. The molecule has 0 aliphatic carbocycles. The summed E-state index contributed by atoms with van der Waals surface area (Å²) in [6.07, 6.45) is 0. The van der Waals surface area contributed by atoms with Crippen LogP contribution in [-0.2, 0) is 10.0 Å². The fraction of sp³-hybridized carbons (Fsp3) is 0.455. The minimum Gasteiger partial charge on any atom is -0.398 e. The molecule has 0 aliphatic rings. The number of nitrogen functional groups attached to an aromatic ring is 1. The van der Waals surface area contributed by atoms with E-state index in [0.29, 0.717) is 0 Å². The van der Waals surface area contributed by atoms with Crippen molar-refractivity contribution in [1.29, 1.82) is 0 Å². The number of benzene rings is 1. The SMILES string of the molecule is CN(C(C)(C)CO)S(=O)(=O)c1c(N)cccc1Cl. The van der Waals surface area contributed by atoms with Crippen LogP contribution in [-0.4, -0.2) is 37.0 Å². The lowest BCUT2D eigenvalue weighted by molar-refractivity contribution is 0.138. The van der Waals surface area contributed by atoms with Crippen molar-refractivity contribution in [2.45, 2.75) is 24.3 Å². The van der Waals surface area contributed by atoms with Gasteiger partial charge in [-0.15, -0.1) is 0 Å². The van der Waals surface area contributed by atoms with Crippen LogP contribution >= 0.6 is 11.6 Å². The average molecular weight is 293 g/mol.